The second-order valence-corrected chi connectivity index (χ2v) is 0. The van der Waals surface area contributed by atoms with Crippen LogP contribution in [0, 0.1) is 0 Å². The minimum Gasteiger partial charge on any atom is -0.0683 e. The molecule has 0 amide bonds. The largest absolute Gasteiger partial charge is 0.0854 e. The van der Waals surface area contributed by atoms with Gasteiger partial charge in [-0.25, -0.2) is 0 Å². The van der Waals surface area contributed by atoms with Gasteiger partial charge in [0.15, 0.2) is 0 Å². The van der Waals surface area contributed by atoms with E-state index in [0.29, 0.717) is 0 Å². The maximum Gasteiger partial charge on any atom is 0.0854 e. The van der Waals surface area contributed by atoms with E-state index in [1.54, 1.807) is 0 Å². The van der Waals surface area contributed by atoms with Gasteiger partial charge in [0.05, 0.1) is 52.1 Å². The first-order chi connectivity index (χ1) is 1.00. The summed E-state index contributed by atoms with van der Waals surface area (Å²) in [5, 5.41) is 0. The van der Waals surface area contributed by atoms with Crippen molar-refractivity contribution >= 4 is 52.1 Å². The Kier molecular flexibility index (Phi) is 895. The molecule has 0 saturated carbocycles. The Bertz CT molecular complexity index is 26.5. The van der Waals surface area contributed by atoms with E-state index in [4.69, 9.17) is 0 Å². The first kappa shape index (κ1) is 92.8. The topological polar surface area (TPSA) is 0 Å². The third-order valence-corrected chi connectivity index (χ3v) is 0. The zero-order valence-corrected chi connectivity index (χ0v) is 20.7. The smallest absolute Gasteiger partial charge is 0.0683 e. The van der Waals surface area contributed by atoms with Crippen molar-refractivity contribution in [2.75, 3.05) is 0 Å². The van der Waals surface area contributed by atoms with Crippen LogP contribution in [0.4, 0.5) is 0 Å². The quantitative estimate of drug-likeness (QED) is 0.416. The van der Waals surface area contributed by atoms with Crippen molar-refractivity contribution < 1.29 is 123 Å². The van der Waals surface area contributed by atoms with Crippen LogP contribution in [-0.4, -0.2) is 52.1 Å². The molecule has 0 aliphatic carbocycles. The molecular weight excluding hydrogens is 444 g/mol. The Morgan fingerprint density at radius 2 is 0.636 bits per heavy atom. The van der Waals surface area contributed by atoms with E-state index in [1.807, 2.05) is 13.8 Å². The van der Waals surface area contributed by atoms with Crippen LogP contribution < -0.4 is 0 Å². The third kappa shape index (κ3) is 92.0. The van der Waals surface area contributed by atoms with E-state index >= 15 is 0 Å². The Balaban J connectivity index is -0.000000000139. The zero-order valence-electron chi connectivity index (χ0n) is 6.92. The van der Waals surface area contributed by atoms with Crippen molar-refractivity contribution in [1.29, 1.82) is 0 Å². The monoisotopic (exact) mass is 454 g/mol. The van der Waals surface area contributed by atoms with Gasteiger partial charge >= 0.3 is 0 Å². The SMILES string of the molecule is CC.[AlH].[AlH].[AlH].[Cr].[Nb].[Ti].[Ti].[Ti].[V]. The number of rotatable bonds is 0. The Labute approximate surface area is 185 Å². The summed E-state index contributed by atoms with van der Waals surface area (Å²) in [6, 6.07) is 0. The molecular formula is C2H9Al3CrNbTi3V. The van der Waals surface area contributed by atoms with Crippen LogP contribution in [0.2, 0.25) is 0 Å². The Morgan fingerprint density at radius 3 is 0.636 bits per heavy atom. The summed E-state index contributed by atoms with van der Waals surface area (Å²) in [6.45, 7) is 4.00. The molecule has 0 nitrogen and oxygen atoms in total. The van der Waals surface area contributed by atoms with Crippen LogP contribution in [0.3, 0.4) is 0 Å². The summed E-state index contributed by atoms with van der Waals surface area (Å²) in [5.41, 5.74) is 0. The molecule has 0 heterocycles. The molecule has 0 atom stereocenters. The van der Waals surface area contributed by atoms with Crippen LogP contribution in [0.1, 0.15) is 13.8 Å². The van der Waals surface area contributed by atoms with Gasteiger partial charge < -0.3 is 0 Å². The number of hydrogen-bond donors (Lipinski definition) is 0. The molecule has 0 fully saturated rings. The fraction of sp³-hybridized carbons (Fsp3) is 1.00. The van der Waals surface area contributed by atoms with Crippen LogP contribution in [0.5, 0.6) is 0 Å². The minimum absolute atomic E-state index is 0. The molecule has 0 N–H and O–H groups in total. The van der Waals surface area contributed by atoms with E-state index in [0.717, 1.165) is 0 Å². The van der Waals surface area contributed by atoms with Gasteiger partial charge in [-0.05, 0) is 0 Å². The van der Waals surface area contributed by atoms with E-state index < -0.39 is 0 Å². The van der Waals surface area contributed by atoms with Gasteiger partial charge in [0.25, 0.3) is 0 Å². The summed E-state index contributed by atoms with van der Waals surface area (Å²) < 4.78 is 0. The third-order valence-electron chi connectivity index (χ3n) is 0. The molecule has 0 aromatic heterocycles. The van der Waals surface area contributed by atoms with Crippen molar-refractivity contribution in [2.24, 2.45) is 0 Å². The molecule has 9 heteroatoms. The summed E-state index contributed by atoms with van der Waals surface area (Å²) in [6.07, 6.45) is 0. The van der Waals surface area contributed by atoms with Crippen molar-refractivity contribution in [1.82, 2.24) is 0 Å². The fourth-order valence-electron chi connectivity index (χ4n) is 0. The Morgan fingerprint density at radius 1 is 0.636 bits per heavy atom. The first-order valence-corrected chi connectivity index (χ1v) is 1.00. The van der Waals surface area contributed by atoms with Gasteiger partial charge in [-0.15, -0.1) is 0 Å². The van der Waals surface area contributed by atoms with Crippen molar-refractivity contribution in [2.45, 2.75) is 13.8 Å². The van der Waals surface area contributed by atoms with Gasteiger partial charge in [0.1, 0.15) is 0 Å². The predicted molar refractivity (Wildman–Crippen MR) is 32.8 cm³/mol. The molecule has 0 unspecified atom stereocenters. The van der Waals surface area contributed by atoms with Crippen LogP contribution in [-0.2, 0) is 123 Å². The van der Waals surface area contributed by atoms with E-state index in [9.17, 15) is 0 Å². The van der Waals surface area contributed by atoms with E-state index in [-0.39, 0.29) is 176 Å². The molecule has 0 aliphatic rings. The molecule has 0 rings (SSSR count). The molecule has 11 heavy (non-hydrogen) atoms. The molecule has 54 valence electrons. The van der Waals surface area contributed by atoms with Crippen molar-refractivity contribution in [3.63, 3.8) is 0 Å². The summed E-state index contributed by atoms with van der Waals surface area (Å²) >= 11 is 0. The molecule has 0 aromatic rings. The van der Waals surface area contributed by atoms with Crippen molar-refractivity contribution in [3.8, 4) is 0 Å². The summed E-state index contributed by atoms with van der Waals surface area (Å²) in [5.74, 6) is 0. The second-order valence-electron chi connectivity index (χ2n) is 0. The Hall–Kier alpha value is 5.60. The van der Waals surface area contributed by atoms with Crippen LogP contribution in [0.25, 0.3) is 0 Å². The predicted octanol–water partition coefficient (Wildman–Crippen LogP) is -0.934. The molecule has 0 aromatic carbocycles. The zero-order chi connectivity index (χ0) is 2.00. The minimum atomic E-state index is 0. The molecule has 0 bridgehead atoms. The van der Waals surface area contributed by atoms with Gasteiger partial charge in [-0.3, -0.25) is 0 Å². The average molecular weight is 453 g/mol. The summed E-state index contributed by atoms with van der Waals surface area (Å²) in [4.78, 5) is 0. The fourth-order valence-corrected chi connectivity index (χ4v) is 0. The number of hydrogen-bond acceptors (Lipinski definition) is 0. The summed E-state index contributed by atoms with van der Waals surface area (Å²) in [7, 11) is 0. The van der Waals surface area contributed by atoms with Gasteiger partial charge in [-0.2, -0.15) is 0 Å². The normalized spacial score (nSPS) is 0.545. The molecule has 0 saturated heterocycles. The van der Waals surface area contributed by atoms with Gasteiger partial charge in [-0.1, -0.05) is 13.8 Å². The maximum absolute atomic E-state index is 2.00. The maximum atomic E-state index is 2.00. The second kappa shape index (κ2) is 106. The molecule has 0 aliphatic heterocycles. The standard InChI is InChI=1S/C2H6.3Al.Cr.Nb.3Ti.V.3H/c1-2;;;;;;;;;;;;/h1-2H3;;;;;;;;;;;;. The first-order valence-electron chi connectivity index (χ1n) is 1.00. The van der Waals surface area contributed by atoms with Gasteiger partial charge in [0.2, 0.25) is 0 Å². The average Bonchev–Trinajstić information content (AvgIpc) is 1.00. The van der Waals surface area contributed by atoms with E-state index in [1.165, 1.54) is 0 Å². The van der Waals surface area contributed by atoms with Crippen LogP contribution in [0.15, 0.2) is 0 Å². The van der Waals surface area contributed by atoms with Crippen LogP contribution >= 0.6 is 0 Å². The molecule has 8 radical (unpaired) electrons. The van der Waals surface area contributed by atoms with Gasteiger partial charge in [0, 0.05) is 123 Å². The van der Waals surface area contributed by atoms with E-state index in [2.05, 4.69) is 0 Å². The van der Waals surface area contributed by atoms with Crippen molar-refractivity contribution in [3.05, 3.63) is 0 Å². The molecule has 0 spiro atoms.